The summed E-state index contributed by atoms with van der Waals surface area (Å²) in [5.74, 6) is 0.754. The Morgan fingerprint density at radius 1 is 1.12 bits per heavy atom. The predicted molar refractivity (Wildman–Crippen MR) is 68.8 cm³/mol. The van der Waals surface area contributed by atoms with Gasteiger partial charge in [0.2, 0.25) is 0 Å². The molecule has 2 unspecified atom stereocenters. The minimum atomic E-state index is 0.653. The highest BCUT2D eigenvalue weighted by Gasteiger charge is 2.42. The fraction of sp³-hybridized carbons (Fsp3) is 0.467. The van der Waals surface area contributed by atoms with Gasteiger partial charge in [-0.05, 0) is 36.6 Å². The zero-order chi connectivity index (χ0) is 11.2. The van der Waals surface area contributed by atoms with Crippen LogP contribution >= 0.6 is 0 Å². The molecule has 17 heavy (non-hydrogen) atoms. The van der Waals surface area contributed by atoms with E-state index in [9.17, 15) is 0 Å². The van der Waals surface area contributed by atoms with E-state index < -0.39 is 0 Å². The molecule has 1 aromatic rings. The van der Waals surface area contributed by atoms with Crippen LogP contribution in [0, 0.1) is 0 Å². The van der Waals surface area contributed by atoms with Gasteiger partial charge in [0.1, 0.15) is 0 Å². The van der Waals surface area contributed by atoms with Crippen LogP contribution in [0.25, 0.3) is 0 Å². The quantitative estimate of drug-likeness (QED) is 0.825. The first-order chi connectivity index (χ1) is 8.40. The molecular weight excluding hydrogens is 208 g/mol. The van der Waals surface area contributed by atoms with Crippen molar-refractivity contribution in [1.29, 1.82) is 0 Å². The Kier molecular flexibility index (Phi) is 2.06. The van der Waals surface area contributed by atoms with Crippen molar-refractivity contribution in [3.8, 4) is 0 Å². The molecule has 2 bridgehead atoms. The van der Waals surface area contributed by atoms with Gasteiger partial charge in [-0.25, -0.2) is 0 Å². The molecule has 0 amide bonds. The third-order valence-corrected chi connectivity index (χ3v) is 4.39. The summed E-state index contributed by atoms with van der Waals surface area (Å²) in [6.45, 7) is 0. The molecule has 2 fully saturated rings. The van der Waals surface area contributed by atoms with E-state index in [1.807, 2.05) is 0 Å². The van der Waals surface area contributed by atoms with Crippen LogP contribution in [0.3, 0.4) is 0 Å². The Balaban J connectivity index is 1.40. The molecule has 0 spiro atoms. The number of hydrogen-bond acceptors (Lipinski definition) is 2. The van der Waals surface area contributed by atoms with E-state index in [1.54, 1.807) is 5.57 Å². The molecule has 1 aromatic carbocycles. The van der Waals surface area contributed by atoms with Gasteiger partial charge in [-0.1, -0.05) is 30.3 Å². The van der Waals surface area contributed by atoms with Crippen molar-refractivity contribution >= 4 is 0 Å². The van der Waals surface area contributed by atoms with Crippen molar-refractivity contribution in [2.24, 2.45) is 0 Å². The fourth-order valence-corrected chi connectivity index (χ4v) is 3.34. The first kappa shape index (κ1) is 9.72. The zero-order valence-corrected chi connectivity index (χ0v) is 9.89. The molecule has 2 N–H and O–H groups in total. The van der Waals surface area contributed by atoms with Crippen LogP contribution < -0.4 is 10.6 Å². The lowest BCUT2D eigenvalue weighted by Crippen LogP contribution is -2.35. The van der Waals surface area contributed by atoms with Crippen LogP contribution in [-0.4, -0.2) is 18.1 Å². The minimum Gasteiger partial charge on any atom is -0.388 e. The summed E-state index contributed by atoms with van der Waals surface area (Å²) in [7, 11) is 0. The van der Waals surface area contributed by atoms with Gasteiger partial charge in [-0.2, -0.15) is 0 Å². The van der Waals surface area contributed by atoms with Crippen molar-refractivity contribution in [2.75, 3.05) is 0 Å². The maximum Gasteiger partial charge on any atom is 0.0319 e. The van der Waals surface area contributed by atoms with Gasteiger partial charge in [-0.15, -0.1) is 0 Å². The summed E-state index contributed by atoms with van der Waals surface area (Å²) in [5.41, 5.74) is 3.09. The van der Waals surface area contributed by atoms with E-state index in [-0.39, 0.29) is 0 Å². The van der Waals surface area contributed by atoms with Gasteiger partial charge in [0.25, 0.3) is 0 Å². The highest BCUT2D eigenvalue weighted by atomic mass is 15.1. The second-order valence-corrected chi connectivity index (χ2v) is 5.60. The van der Waals surface area contributed by atoms with Crippen LogP contribution in [0.2, 0.25) is 0 Å². The topological polar surface area (TPSA) is 24.1 Å². The second kappa shape index (κ2) is 3.61. The zero-order valence-electron chi connectivity index (χ0n) is 9.89. The Hall–Kier alpha value is -1.28. The summed E-state index contributed by atoms with van der Waals surface area (Å²) in [5, 5.41) is 7.25. The van der Waals surface area contributed by atoms with Crippen molar-refractivity contribution in [1.82, 2.24) is 10.6 Å². The Morgan fingerprint density at radius 2 is 2.00 bits per heavy atom. The van der Waals surface area contributed by atoms with Crippen LogP contribution in [0.1, 0.15) is 30.7 Å². The van der Waals surface area contributed by atoms with Crippen LogP contribution in [-0.2, 0) is 0 Å². The molecule has 0 saturated heterocycles. The number of fused-ring (bicyclic) bond motifs is 2. The number of benzene rings is 1. The number of nitrogens with one attached hydrogen (secondary N) is 2. The molecule has 4 rings (SSSR count). The van der Waals surface area contributed by atoms with E-state index >= 15 is 0 Å². The third kappa shape index (κ3) is 1.67. The summed E-state index contributed by atoms with van der Waals surface area (Å²) >= 11 is 0. The maximum absolute atomic E-state index is 3.82. The first-order valence-corrected chi connectivity index (χ1v) is 6.66. The maximum atomic E-state index is 3.82. The Labute approximate surface area is 102 Å². The molecule has 3 aliphatic rings. The van der Waals surface area contributed by atoms with Gasteiger partial charge in [0.15, 0.2) is 0 Å². The third-order valence-electron chi connectivity index (χ3n) is 4.39. The molecule has 4 atom stereocenters. The molecule has 88 valence electrons. The molecule has 1 aliphatic heterocycles. The lowest BCUT2D eigenvalue weighted by Gasteiger charge is -2.18. The molecule has 2 nitrogen and oxygen atoms in total. The normalized spacial score (nSPS) is 37.8. The predicted octanol–water partition coefficient (Wildman–Crippen LogP) is 2.15. The highest BCUT2D eigenvalue weighted by Crippen LogP contribution is 2.42. The monoisotopic (exact) mass is 226 g/mol. The van der Waals surface area contributed by atoms with Gasteiger partial charge in [0, 0.05) is 24.0 Å². The molecule has 2 heteroatoms. The second-order valence-electron chi connectivity index (χ2n) is 5.60. The van der Waals surface area contributed by atoms with Gasteiger partial charge in [-0.3, -0.25) is 0 Å². The Bertz CT molecular complexity index is 451. The van der Waals surface area contributed by atoms with Crippen molar-refractivity contribution < 1.29 is 0 Å². The molecule has 2 saturated carbocycles. The average molecular weight is 226 g/mol. The van der Waals surface area contributed by atoms with Crippen LogP contribution in [0.4, 0.5) is 0 Å². The van der Waals surface area contributed by atoms with Gasteiger partial charge < -0.3 is 10.6 Å². The van der Waals surface area contributed by atoms with Gasteiger partial charge in [0.05, 0.1) is 0 Å². The lowest BCUT2D eigenvalue weighted by atomic mass is 10.1. The van der Waals surface area contributed by atoms with Crippen molar-refractivity contribution in [3.63, 3.8) is 0 Å². The summed E-state index contributed by atoms with van der Waals surface area (Å²) < 4.78 is 0. The standard InChI is InChI=1S/C15H18N2/c1-2-4-10(5-3-1)13-8-15(13)17-14-7-12-6-11(14)9-16-12/h1-5,9,12-17H,6-8H2/t12?,13-,14?,15+/m1/s1. The summed E-state index contributed by atoms with van der Waals surface area (Å²) in [6.07, 6.45) is 6.09. The fourth-order valence-electron chi connectivity index (χ4n) is 3.34. The number of hydrogen-bond donors (Lipinski definition) is 2. The molecule has 2 aliphatic carbocycles. The highest BCUT2D eigenvalue weighted by molar-refractivity contribution is 5.30. The van der Waals surface area contributed by atoms with Crippen LogP contribution in [0.5, 0.6) is 0 Å². The smallest absolute Gasteiger partial charge is 0.0319 e. The molecule has 0 aromatic heterocycles. The van der Waals surface area contributed by atoms with E-state index in [1.165, 1.54) is 24.8 Å². The van der Waals surface area contributed by atoms with E-state index in [0.29, 0.717) is 12.1 Å². The Morgan fingerprint density at radius 3 is 2.71 bits per heavy atom. The minimum absolute atomic E-state index is 0.653. The first-order valence-electron chi connectivity index (χ1n) is 6.66. The van der Waals surface area contributed by atoms with E-state index in [0.717, 1.165) is 12.0 Å². The average Bonchev–Trinajstić information content (AvgIpc) is 2.82. The van der Waals surface area contributed by atoms with Crippen LogP contribution in [0.15, 0.2) is 42.1 Å². The molecule has 0 radical (unpaired) electrons. The summed E-state index contributed by atoms with van der Waals surface area (Å²) in [6, 6.07) is 13.0. The molecule has 1 heterocycles. The largest absolute Gasteiger partial charge is 0.388 e. The number of rotatable bonds is 3. The van der Waals surface area contributed by atoms with Crippen molar-refractivity contribution in [3.05, 3.63) is 47.7 Å². The van der Waals surface area contributed by atoms with Gasteiger partial charge >= 0.3 is 0 Å². The van der Waals surface area contributed by atoms with Crippen molar-refractivity contribution in [2.45, 2.75) is 43.3 Å². The molecular formula is C15H18N2. The SMILES string of the molecule is C1=C2CC(CC2N[C@H]2C[C@@H]2c2ccccc2)N1. The lowest BCUT2D eigenvalue weighted by molar-refractivity contribution is 0.506. The summed E-state index contributed by atoms with van der Waals surface area (Å²) in [4.78, 5) is 0. The van der Waals surface area contributed by atoms with E-state index in [4.69, 9.17) is 0 Å². The van der Waals surface area contributed by atoms with E-state index in [2.05, 4.69) is 47.2 Å².